The fourth-order valence-corrected chi connectivity index (χ4v) is 3.85. The molecule has 1 saturated heterocycles. The maximum Gasteiger partial charge on any atom is 0.224 e. The standard InChI is InChI=1S/C17H28N4O/c1-20(2)17-18-10-7-14(19-17)13-8-11-21(12-9-13)15-5-3-4-6-16(15)22/h7,10,13,15-16,22H,3-6,8-9,11-12H2,1-2H3/t15-,16-/m1/s1. The molecule has 2 fully saturated rings. The van der Waals surface area contributed by atoms with Crippen LogP contribution in [-0.4, -0.2) is 59.3 Å². The first-order valence-corrected chi connectivity index (χ1v) is 8.57. The predicted octanol–water partition coefficient (Wildman–Crippen LogP) is 2.03. The number of likely N-dealkylation sites (tertiary alicyclic amines) is 1. The Hall–Kier alpha value is -1.20. The van der Waals surface area contributed by atoms with Crippen molar-refractivity contribution in [2.45, 2.75) is 56.6 Å². The van der Waals surface area contributed by atoms with Crippen molar-refractivity contribution in [1.29, 1.82) is 0 Å². The van der Waals surface area contributed by atoms with E-state index in [9.17, 15) is 5.11 Å². The highest BCUT2D eigenvalue weighted by Gasteiger charge is 2.32. The van der Waals surface area contributed by atoms with Crippen molar-refractivity contribution in [2.75, 3.05) is 32.1 Å². The fourth-order valence-electron chi connectivity index (χ4n) is 3.85. The second-order valence-corrected chi connectivity index (χ2v) is 6.91. The minimum atomic E-state index is -0.121. The number of piperidine rings is 1. The first-order valence-electron chi connectivity index (χ1n) is 8.57. The molecule has 5 nitrogen and oxygen atoms in total. The van der Waals surface area contributed by atoms with Crippen LogP contribution in [0.3, 0.4) is 0 Å². The van der Waals surface area contributed by atoms with E-state index >= 15 is 0 Å². The smallest absolute Gasteiger partial charge is 0.224 e. The molecule has 1 aromatic rings. The van der Waals surface area contributed by atoms with E-state index in [-0.39, 0.29) is 6.10 Å². The van der Waals surface area contributed by atoms with Crippen molar-refractivity contribution in [1.82, 2.24) is 14.9 Å². The van der Waals surface area contributed by atoms with Gasteiger partial charge in [-0.25, -0.2) is 9.97 Å². The lowest BCUT2D eigenvalue weighted by molar-refractivity contribution is 0.00853. The molecule has 0 bridgehead atoms. The number of aliphatic hydroxyl groups excluding tert-OH is 1. The van der Waals surface area contributed by atoms with E-state index in [1.807, 2.05) is 25.2 Å². The van der Waals surface area contributed by atoms with Crippen LogP contribution in [0.4, 0.5) is 5.95 Å². The summed E-state index contributed by atoms with van der Waals surface area (Å²) in [7, 11) is 3.96. The average molecular weight is 304 g/mol. The molecule has 122 valence electrons. The van der Waals surface area contributed by atoms with Gasteiger partial charge in [-0.05, 0) is 44.8 Å². The largest absolute Gasteiger partial charge is 0.391 e. The molecule has 0 radical (unpaired) electrons. The maximum atomic E-state index is 10.2. The molecule has 0 unspecified atom stereocenters. The van der Waals surface area contributed by atoms with Gasteiger partial charge in [-0.1, -0.05) is 12.8 Å². The predicted molar refractivity (Wildman–Crippen MR) is 88.2 cm³/mol. The van der Waals surface area contributed by atoms with Crippen LogP contribution >= 0.6 is 0 Å². The maximum absolute atomic E-state index is 10.2. The Labute approximate surface area is 133 Å². The minimum absolute atomic E-state index is 0.121. The van der Waals surface area contributed by atoms with E-state index in [0.29, 0.717) is 12.0 Å². The van der Waals surface area contributed by atoms with Crippen LogP contribution < -0.4 is 4.90 Å². The molecule has 1 N–H and O–H groups in total. The number of hydrogen-bond donors (Lipinski definition) is 1. The van der Waals surface area contributed by atoms with Gasteiger partial charge in [0.1, 0.15) is 0 Å². The molecule has 2 aliphatic rings. The molecular weight excluding hydrogens is 276 g/mol. The van der Waals surface area contributed by atoms with Crippen molar-refractivity contribution in [2.24, 2.45) is 0 Å². The summed E-state index contributed by atoms with van der Waals surface area (Å²) in [5.74, 6) is 1.32. The van der Waals surface area contributed by atoms with Gasteiger partial charge in [0.2, 0.25) is 5.95 Å². The van der Waals surface area contributed by atoms with E-state index in [2.05, 4.69) is 16.0 Å². The molecule has 1 aliphatic carbocycles. The third kappa shape index (κ3) is 3.41. The van der Waals surface area contributed by atoms with E-state index in [1.54, 1.807) is 0 Å². The molecule has 1 aromatic heterocycles. The van der Waals surface area contributed by atoms with Gasteiger partial charge in [0.15, 0.2) is 0 Å². The lowest BCUT2D eigenvalue weighted by atomic mass is 9.87. The Balaban J connectivity index is 1.60. The number of nitrogens with zero attached hydrogens (tertiary/aromatic N) is 4. The summed E-state index contributed by atoms with van der Waals surface area (Å²) < 4.78 is 0. The zero-order valence-electron chi connectivity index (χ0n) is 13.8. The molecule has 2 heterocycles. The number of aromatic nitrogens is 2. The molecule has 2 atom stereocenters. The van der Waals surface area contributed by atoms with Crippen molar-refractivity contribution in [3.63, 3.8) is 0 Å². The van der Waals surface area contributed by atoms with Gasteiger partial charge in [0, 0.05) is 37.9 Å². The lowest BCUT2D eigenvalue weighted by Gasteiger charge is -2.41. The van der Waals surface area contributed by atoms with Crippen LogP contribution in [0.5, 0.6) is 0 Å². The molecule has 5 heteroatoms. The van der Waals surface area contributed by atoms with E-state index in [0.717, 1.165) is 44.7 Å². The molecule has 22 heavy (non-hydrogen) atoms. The van der Waals surface area contributed by atoms with E-state index in [1.165, 1.54) is 18.5 Å². The third-order valence-electron chi connectivity index (χ3n) is 5.18. The van der Waals surface area contributed by atoms with Crippen LogP contribution in [0.25, 0.3) is 0 Å². The Morgan fingerprint density at radius 2 is 1.86 bits per heavy atom. The zero-order chi connectivity index (χ0) is 15.5. The summed E-state index contributed by atoms with van der Waals surface area (Å²) in [6.07, 6.45) is 8.59. The van der Waals surface area contributed by atoms with Gasteiger partial charge in [-0.3, -0.25) is 4.90 Å². The molecule has 0 aromatic carbocycles. The topological polar surface area (TPSA) is 52.5 Å². The molecular formula is C17H28N4O. The Morgan fingerprint density at radius 3 is 2.55 bits per heavy atom. The number of rotatable bonds is 3. The third-order valence-corrected chi connectivity index (χ3v) is 5.18. The molecule has 1 aliphatic heterocycles. The Bertz CT molecular complexity index is 485. The van der Waals surface area contributed by atoms with Crippen LogP contribution in [-0.2, 0) is 0 Å². The summed E-state index contributed by atoms with van der Waals surface area (Å²) in [5, 5.41) is 10.2. The van der Waals surface area contributed by atoms with Gasteiger partial charge >= 0.3 is 0 Å². The molecule has 1 saturated carbocycles. The first kappa shape index (κ1) is 15.7. The normalized spacial score (nSPS) is 27.8. The van der Waals surface area contributed by atoms with Gasteiger partial charge in [-0.2, -0.15) is 0 Å². The van der Waals surface area contributed by atoms with Crippen molar-refractivity contribution in [3.05, 3.63) is 18.0 Å². The second kappa shape index (κ2) is 6.92. The Morgan fingerprint density at radius 1 is 1.14 bits per heavy atom. The lowest BCUT2D eigenvalue weighted by Crippen LogP contribution is -2.48. The number of hydrogen-bond acceptors (Lipinski definition) is 5. The molecule has 0 amide bonds. The SMILES string of the molecule is CN(C)c1nccc(C2CCN([C@@H]3CCCC[C@H]3O)CC2)n1. The summed E-state index contributed by atoms with van der Waals surface area (Å²) in [6.45, 7) is 2.15. The highest BCUT2D eigenvalue weighted by molar-refractivity contribution is 5.28. The van der Waals surface area contributed by atoms with E-state index in [4.69, 9.17) is 4.98 Å². The number of anilines is 1. The van der Waals surface area contributed by atoms with Crippen LogP contribution in [0, 0.1) is 0 Å². The van der Waals surface area contributed by atoms with Gasteiger partial charge in [0.25, 0.3) is 0 Å². The average Bonchev–Trinajstić information content (AvgIpc) is 2.56. The molecule has 3 rings (SSSR count). The summed E-state index contributed by atoms with van der Waals surface area (Å²) in [6, 6.07) is 2.44. The monoisotopic (exact) mass is 304 g/mol. The number of aliphatic hydroxyl groups is 1. The summed E-state index contributed by atoms with van der Waals surface area (Å²) >= 11 is 0. The van der Waals surface area contributed by atoms with Gasteiger partial charge < -0.3 is 10.0 Å². The van der Waals surface area contributed by atoms with Gasteiger partial charge in [0.05, 0.1) is 6.10 Å². The van der Waals surface area contributed by atoms with Crippen molar-refractivity contribution >= 4 is 5.95 Å². The van der Waals surface area contributed by atoms with Crippen LogP contribution in [0.1, 0.15) is 50.1 Å². The Kier molecular flexibility index (Phi) is 4.93. The van der Waals surface area contributed by atoms with Crippen LogP contribution in [0.2, 0.25) is 0 Å². The summed E-state index contributed by atoms with van der Waals surface area (Å²) in [4.78, 5) is 13.5. The van der Waals surface area contributed by atoms with Crippen LogP contribution in [0.15, 0.2) is 12.3 Å². The minimum Gasteiger partial charge on any atom is -0.391 e. The second-order valence-electron chi connectivity index (χ2n) is 6.91. The summed E-state index contributed by atoms with van der Waals surface area (Å²) in [5.41, 5.74) is 1.17. The molecule has 0 spiro atoms. The van der Waals surface area contributed by atoms with Crippen molar-refractivity contribution < 1.29 is 5.11 Å². The highest BCUT2D eigenvalue weighted by Crippen LogP contribution is 2.31. The fraction of sp³-hybridized carbons (Fsp3) is 0.765. The van der Waals surface area contributed by atoms with Gasteiger partial charge in [-0.15, -0.1) is 0 Å². The van der Waals surface area contributed by atoms with Crippen molar-refractivity contribution in [3.8, 4) is 0 Å². The highest BCUT2D eigenvalue weighted by atomic mass is 16.3. The zero-order valence-corrected chi connectivity index (χ0v) is 13.8. The first-order chi connectivity index (χ1) is 10.6. The quantitative estimate of drug-likeness (QED) is 0.926. The van der Waals surface area contributed by atoms with E-state index < -0.39 is 0 Å².